The molecule has 0 aromatic heterocycles. The highest BCUT2D eigenvalue weighted by molar-refractivity contribution is 5.79. The van der Waals surface area contributed by atoms with E-state index in [0.29, 0.717) is 5.75 Å². The van der Waals surface area contributed by atoms with Crippen molar-refractivity contribution in [2.24, 2.45) is 0 Å². The van der Waals surface area contributed by atoms with Gasteiger partial charge in [0.2, 0.25) is 6.79 Å². The van der Waals surface area contributed by atoms with Crippen molar-refractivity contribution in [3.05, 3.63) is 17.7 Å². The molecule has 0 radical (unpaired) electrons. The van der Waals surface area contributed by atoms with Crippen LogP contribution in [0.25, 0.3) is 0 Å². The number of aliphatic hydroxyl groups is 1. The summed E-state index contributed by atoms with van der Waals surface area (Å²) in [5, 5.41) is 19.5. The van der Waals surface area contributed by atoms with Crippen LogP contribution in [-0.2, 0) is 9.53 Å². The second-order valence-electron chi connectivity index (χ2n) is 3.39. The van der Waals surface area contributed by atoms with Crippen LogP contribution in [0.5, 0.6) is 17.2 Å². The first-order valence-electron chi connectivity index (χ1n) is 5.11. The lowest BCUT2D eigenvalue weighted by Gasteiger charge is -2.13. The fraction of sp³-hybridized carbons (Fsp3) is 0.364. The third-order valence-corrected chi connectivity index (χ3v) is 2.34. The fourth-order valence-corrected chi connectivity index (χ4v) is 1.59. The summed E-state index contributed by atoms with van der Waals surface area (Å²) in [5.41, 5.74) is -0.0292. The van der Waals surface area contributed by atoms with Crippen LogP contribution in [0.4, 0.5) is 0 Å². The van der Waals surface area contributed by atoms with Gasteiger partial charge in [-0.25, -0.2) is 4.79 Å². The van der Waals surface area contributed by atoms with E-state index >= 15 is 0 Å². The van der Waals surface area contributed by atoms with Crippen molar-refractivity contribution in [2.75, 3.05) is 13.4 Å². The summed E-state index contributed by atoms with van der Waals surface area (Å²) in [6.45, 7) is 1.75. The van der Waals surface area contributed by atoms with Gasteiger partial charge in [-0.1, -0.05) is 0 Å². The summed E-state index contributed by atoms with van der Waals surface area (Å²) in [5.74, 6) is -0.534. The molecule has 0 spiro atoms. The molecule has 6 heteroatoms. The number of hydrogen-bond acceptors (Lipinski definition) is 6. The molecule has 0 saturated carbocycles. The van der Waals surface area contributed by atoms with Gasteiger partial charge in [0.15, 0.2) is 17.6 Å². The Morgan fingerprint density at radius 2 is 2.29 bits per heavy atom. The molecule has 1 aromatic carbocycles. The van der Waals surface area contributed by atoms with Gasteiger partial charge < -0.3 is 24.4 Å². The van der Waals surface area contributed by atoms with Gasteiger partial charge in [-0.15, -0.1) is 0 Å². The van der Waals surface area contributed by atoms with Crippen molar-refractivity contribution in [2.45, 2.75) is 13.0 Å². The first-order valence-corrected chi connectivity index (χ1v) is 5.11. The van der Waals surface area contributed by atoms with Crippen molar-refractivity contribution in [1.82, 2.24) is 0 Å². The van der Waals surface area contributed by atoms with Gasteiger partial charge in [0.25, 0.3) is 0 Å². The first kappa shape index (κ1) is 11.5. The van der Waals surface area contributed by atoms with E-state index in [1.165, 1.54) is 12.1 Å². The summed E-state index contributed by atoms with van der Waals surface area (Å²) in [6, 6.07) is 2.82. The first-order chi connectivity index (χ1) is 8.15. The van der Waals surface area contributed by atoms with Gasteiger partial charge in [-0.05, 0) is 19.1 Å². The van der Waals surface area contributed by atoms with Gasteiger partial charge in [0.05, 0.1) is 12.2 Å². The maximum absolute atomic E-state index is 11.4. The van der Waals surface area contributed by atoms with Crippen LogP contribution >= 0.6 is 0 Å². The number of hydrogen-bond donors (Lipinski definition) is 2. The van der Waals surface area contributed by atoms with Crippen LogP contribution in [0.1, 0.15) is 18.6 Å². The highest BCUT2D eigenvalue weighted by atomic mass is 16.7. The van der Waals surface area contributed by atoms with Crippen LogP contribution in [0.15, 0.2) is 12.1 Å². The number of ether oxygens (including phenoxy) is 3. The Morgan fingerprint density at radius 3 is 3.00 bits per heavy atom. The van der Waals surface area contributed by atoms with Gasteiger partial charge in [-0.2, -0.15) is 0 Å². The lowest BCUT2D eigenvalue weighted by Crippen LogP contribution is -2.16. The van der Waals surface area contributed by atoms with Gasteiger partial charge in [-0.3, -0.25) is 0 Å². The number of carbonyl (C=O) groups excluding carboxylic acids is 1. The quantitative estimate of drug-likeness (QED) is 0.757. The highest BCUT2D eigenvalue weighted by Gasteiger charge is 2.30. The zero-order valence-electron chi connectivity index (χ0n) is 9.17. The van der Waals surface area contributed by atoms with Crippen LogP contribution in [-0.4, -0.2) is 29.6 Å². The fourth-order valence-electron chi connectivity index (χ4n) is 1.59. The molecule has 2 N–H and O–H groups in total. The Kier molecular flexibility index (Phi) is 3.06. The molecule has 1 atom stereocenters. The van der Waals surface area contributed by atoms with E-state index in [4.69, 9.17) is 9.47 Å². The molecule has 0 fully saturated rings. The SMILES string of the molecule is CCOC(=O)C(O)c1c(O)ccc2c1OCO2. The van der Waals surface area contributed by atoms with Crippen LogP contribution < -0.4 is 9.47 Å². The van der Waals surface area contributed by atoms with E-state index in [-0.39, 0.29) is 30.5 Å². The van der Waals surface area contributed by atoms with E-state index in [9.17, 15) is 15.0 Å². The van der Waals surface area contributed by atoms with E-state index in [0.717, 1.165) is 0 Å². The maximum Gasteiger partial charge on any atom is 0.339 e. The van der Waals surface area contributed by atoms with E-state index in [1.54, 1.807) is 6.92 Å². The Bertz CT molecular complexity index is 442. The zero-order valence-corrected chi connectivity index (χ0v) is 9.17. The molecule has 1 aliphatic rings. The van der Waals surface area contributed by atoms with Crippen LogP contribution in [0, 0.1) is 0 Å². The Balaban J connectivity index is 2.38. The molecule has 0 bridgehead atoms. The monoisotopic (exact) mass is 240 g/mol. The number of carbonyl (C=O) groups is 1. The Morgan fingerprint density at radius 1 is 1.53 bits per heavy atom. The molecule has 6 nitrogen and oxygen atoms in total. The van der Waals surface area contributed by atoms with Crippen LogP contribution in [0.3, 0.4) is 0 Å². The molecule has 1 unspecified atom stereocenters. The predicted molar refractivity (Wildman–Crippen MR) is 55.8 cm³/mol. The number of phenols is 1. The van der Waals surface area contributed by atoms with E-state index < -0.39 is 12.1 Å². The zero-order chi connectivity index (χ0) is 12.4. The van der Waals surface area contributed by atoms with Gasteiger partial charge in [0, 0.05) is 0 Å². The minimum Gasteiger partial charge on any atom is -0.507 e. The molecule has 1 heterocycles. The molecule has 1 aromatic rings. The van der Waals surface area contributed by atoms with Crippen LogP contribution in [0.2, 0.25) is 0 Å². The van der Waals surface area contributed by atoms with Crippen molar-refractivity contribution in [3.8, 4) is 17.2 Å². The van der Waals surface area contributed by atoms with Crippen molar-refractivity contribution in [3.63, 3.8) is 0 Å². The molecule has 0 saturated heterocycles. The Labute approximate surface area is 97.3 Å². The third-order valence-electron chi connectivity index (χ3n) is 2.34. The predicted octanol–water partition coefficient (Wildman–Crippen LogP) is 0.717. The number of aliphatic hydroxyl groups excluding tert-OH is 1. The summed E-state index contributed by atoms with van der Waals surface area (Å²) in [4.78, 5) is 11.4. The minimum absolute atomic E-state index is 0.0126. The molecule has 0 amide bonds. The van der Waals surface area contributed by atoms with E-state index in [1.807, 2.05) is 0 Å². The molecule has 1 aliphatic heterocycles. The molecule has 17 heavy (non-hydrogen) atoms. The number of benzene rings is 1. The molecule has 92 valence electrons. The number of fused-ring (bicyclic) bond motifs is 1. The summed E-state index contributed by atoms with van der Waals surface area (Å²) >= 11 is 0. The normalized spacial score (nSPS) is 14.5. The lowest BCUT2D eigenvalue weighted by molar-refractivity contribution is -0.153. The summed E-state index contributed by atoms with van der Waals surface area (Å²) < 4.78 is 14.9. The van der Waals surface area contributed by atoms with Crippen molar-refractivity contribution >= 4 is 5.97 Å². The number of esters is 1. The second-order valence-corrected chi connectivity index (χ2v) is 3.39. The second kappa shape index (κ2) is 4.50. The largest absolute Gasteiger partial charge is 0.507 e. The van der Waals surface area contributed by atoms with Crippen molar-refractivity contribution < 1.29 is 29.2 Å². The Hall–Kier alpha value is -1.95. The van der Waals surface area contributed by atoms with E-state index in [2.05, 4.69) is 4.74 Å². The van der Waals surface area contributed by atoms with Gasteiger partial charge in [0.1, 0.15) is 5.75 Å². The average Bonchev–Trinajstić information content (AvgIpc) is 2.76. The summed E-state index contributed by atoms with van der Waals surface area (Å²) in [6.07, 6.45) is -1.59. The number of rotatable bonds is 3. The standard InChI is InChI=1S/C11H12O6/c1-2-15-11(14)9(13)8-6(12)3-4-7-10(8)17-5-16-7/h3-4,9,12-13H,2,5H2,1H3. The number of aromatic hydroxyl groups is 1. The number of phenolic OH excluding ortho intramolecular Hbond substituents is 1. The molecular weight excluding hydrogens is 228 g/mol. The minimum atomic E-state index is -1.59. The third kappa shape index (κ3) is 1.99. The topological polar surface area (TPSA) is 85.2 Å². The average molecular weight is 240 g/mol. The molecule has 0 aliphatic carbocycles. The molecule has 2 rings (SSSR count). The smallest absolute Gasteiger partial charge is 0.339 e. The lowest BCUT2D eigenvalue weighted by atomic mass is 10.1. The highest BCUT2D eigenvalue weighted by Crippen LogP contribution is 2.43. The summed E-state index contributed by atoms with van der Waals surface area (Å²) in [7, 11) is 0. The van der Waals surface area contributed by atoms with Crippen molar-refractivity contribution in [1.29, 1.82) is 0 Å². The maximum atomic E-state index is 11.4. The molecular formula is C11H12O6. The van der Waals surface area contributed by atoms with Gasteiger partial charge >= 0.3 is 5.97 Å².